The second-order valence-electron chi connectivity index (χ2n) is 4.92. The maximum absolute atomic E-state index is 9.61. The summed E-state index contributed by atoms with van der Waals surface area (Å²) in [4.78, 5) is 4.43. The zero-order chi connectivity index (χ0) is 12.5. The molecule has 3 nitrogen and oxygen atoms in total. The number of hydrogen-bond donors (Lipinski definition) is 1. The van der Waals surface area contributed by atoms with Gasteiger partial charge >= 0.3 is 0 Å². The van der Waals surface area contributed by atoms with E-state index in [4.69, 9.17) is 11.6 Å². The van der Waals surface area contributed by atoms with Gasteiger partial charge in [-0.1, -0.05) is 11.6 Å². The van der Waals surface area contributed by atoms with Gasteiger partial charge in [0.2, 0.25) is 0 Å². The molecule has 1 unspecified atom stereocenters. The first-order valence-electron chi connectivity index (χ1n) is 5.86. The summed E-state index contributed by atoms with van der Waals surface area (Å²) in [5.74, 6) is 0. The molecule has 1 aliphatic rings. The van der Waals surface area contributed by atoms with Crippen LogP contribution in [-0.2, 0) is 0 Å². The third-order valence-electron chi connectivity index (χ3n) is 3.77. The Morgan fingerprint density at radius 3 is 2.47 bits per heavy atom. The molecule has 1 heterocycles. The maximum Gasteiger partial charge on any atom is 0.0633 e. The fourth-order valence-electron chi connectivity index (χ4n) is 2.36. The van der Waals surface area contributed by atoms with Gasteiger partial charge in [-0.05, 0) is 44.8 Å². The first-order chi connectivity index (χ1) is 8.07. The van der Waals surface area contributed by atoms with Crippen molar-refractivity contribution >= 4 is 17.3 Å². The average Bonchev–Trinajstić information content (AvgIpc) is 2.75. The summed E-state index contributed by atoms with van der Waals surface area (Å²) >= 11 is 5.89. The maximum atomic E-state index is 9.61. The minimum Gasteiger partial charge on any atom is -0.394 e. The third kappa shape index (κ3) is 2.41. The Kier molecular flexibility index (Phi) is 3.61. The lowest BCUT2D eigenvalue weighted by molar-refractivity contribution is 0.0867. The Balaban J connectivity index is 2.14. The van der Waals surface area contributed by atoms with Gasteiger partial charge in [0.25, 0.3) is 0 Å². The molecule has 0 radical (unpaired) electrons. The van der Waals surface area contributed by atoms with Crippen molar-refractivity contribution in [2.75, 3.05) is 38.7 Å². The van der Waals surface area contributed by atoms with E-state index in [1.807, 2.05) is 38.4 Å². The Labute approximate surface area is 108 Å². The minimum absolute atomic E-state index is 0.111. The van der Waals surface area contributed by atoms with Gasteiger partial charge in [0.05, 0.1) is 12.1 Å². The van der Waals surface area contributed by atoms with Gasteiger partial charge in [-0.3, -0.25) is 4.90 Å². The fraction of sp³-hybridized carbons (Fsp3) is 0.538. The number of aliphatic hydroxyl groups is 1. The van der Waals surface area contributed by atoms with Gasteiger partial charge in [-0.15, -0.1) is 0 Å². The summed E-state index contributed by atoms with van der Waals surface area (Å²) in [5, 5.41) is 10.4. The zero-order valence-corrected chi connectivity index (χ0v) is 11.1. The molecule has 1 aromatic carbocycles. The molecule has 0 saturated carbocycles. The van der Waals surface area contributed by atoms with Crippen LogP contribution in [0.15, 0.2) is 24.3 Å². The van der Waals surface area contributed by atoms with Gasteiger partial charge in [0.15, 0.2) is 0 Å². The number of aliphatic hydroxyl groups excluding tert-OH is 1. The van der Waals surface area contributed by atoms with Crippen molar-refractivity contribution in [1.29, 1.82) is 0 Å². The summed E-state index contributed by atoms with van der Waals surface area (Å²) in [5.41, 5.74) is 1.06. The van der Waals surface area contributed by atoms with Crippen molar-refractivity contribution in [3.05, 3.63) is 29.3 Å². The number of nitrogens with zero attached hydrogens (tertiary/aromatic N) is 2. The van der Waals surface area contributed by atoms with E-state index in [0.717, 1.165) is 24.5 Å². The molecule has 2 rings (SSSR count). The van der Waals surface area contributed by atoms with Gasteiger partial charge in [0.1, 0.15) is 0 Å². The molecule has 0 amide bonds. The van der Waals surface area contributed by atoms with Crippen molar-refractivity contribution in [2.24, 2.45) is 0 Å². The Bertz CT molecular complexity index is 380. The number of rotatable bonds is 3. The predicted molar refractivity (Wildman–Crippen MR) is 71.8 cm³/mol. The molecule has 4 heteroatoms. The van der Waals surface area contributed by atoms with Crippen molar-refractivity contribution in [2.45, 2.75) is 12.0 Å². The molecule has 0 bridgehead atoms. The summed E-state index contributed by atoms with van der Waals surface area (Å²) in [6.07, 6.45) is 0.985. The molecule has 17 heavy (non-hydrogen) atoms. The van der Waals surface area contributed by atoms with Crippen LogP contribution in [0, 0.1) is 0 Å². The van der Waals surface area contributed by atoms with Gasteiger partial charge < -0.3 is 10.0 Å². The average molecular weight is 255 g/mol. The Hall–Kier alpha value is -0.770. The van der Waals surface area contributed by atoms with Crippen LogP contribution in [-0.4, -0.2) is 49.3 Å². The molecule has 0 aliphatic carbocycles. The van der Waals surface area contributed by atoms with Crippen LogP contribution < -0.4 is 4.90 Å². The third-order valence-corrected chi connectivity index (χ3v) is 4.02. The smallest absolute Gasteiger partial charge is 0.0633 e. The molecule has 1 fully saturated rings. The van der Waals surface area contributed by atoms with Crippen molar-refractivity contribution < 1.29 is 5.11 Å². The van der Waals surface area contributed by atoms with E-state index >= 15 is 0 Å². The molecule has 0 spiro atoms. The molecule has 0 aromatic heterocycles. The molecule has 1 aliphatic heterocycles. The van der Waals surface area contributed by atoms with E-state index in [1.165, 1.54) is 5.69 Å². The summed E-state index contributed by atoms with van der Waals surface area (Å²) in [6, 6.07) is 7.88. The lowest BCUT2D eigenvalue weighted by atomic mass is 9.99. The summed E-state index contributed by atoms with van der Waals surface area (Å²) in [6.45, 7) is 2.03. The highest BCUT2D eigenvalue weighted by atomic mass is 35.5. The Morgan fingerprint density at radius 1 is 1.35 bits per heavy atom. The first kappa shape index (κ1) is 12.7. The van der Waals surface area contributed by atoms with Crippen LogP contribution in [0.1, 0.15) is 6.42 Å². The monoisotopic (exact) mass is 254 g/mol. The van der Waals surface area contributed by atoms with E-state index in [1.54, 1.807) is 0 Å². The second-order valence-corrected chi connectivity index (χ2v) is 5.36. The van der Waals surface area contributed by atoms with E-state index < -0.39 is 0 Å². The van der Waals surface area contributed by atoms with Crippen LogP contribution in [0.25, 0.3) is 0 Å². The minimum atomic E-state index is -0.111. The molecule has 1 aromatic rings. The molecule has 1 N–H and O–H groups in total. The zero-order valence-electron chi connectivity index (χ0n) is 10.4. The molecule has 1 atom stereocenters. The number of halogens is 1. The highest BCUT2D eigenvalue weighted by molar-refractivity contribution is 6.30. The van der Waals surface area contributed by atoms with Gasteiger partial charge in [0, 0.05) is 23.8 Å². The summed E-state index contributed by atoms with van der Waals surface area (Å²) < 4.78 is 0. The standard InChI is InChI=1S/C13H19ClN2O/c1-15(2)13(10-17)7-8-16(9-13)12-5-3-11(14)4-6-12/h3-6,17H,7-10H2,1-2H3. The van der Waals surface area contributed by atoms with Crippen molar-refractivity contribution in [3.8, 4) is 0 Å². The number of benzene rings is 1. The van der Waals surface area contributed by atoms with Crippen LogP contribution in [0.5, 0.6) is 0 Å². The molecule has 94 valence electrons. The van der Waals surface area contributed by atoms with E-state index in [9.17, 15) is 5.11 Å². The number of anilines is 1. The van der Waals surface area contributed by atoms with E-state index in [2.05, 4.69) is 9.80 Å². The largest absolute Gasteiger partial charge is 0.394 e. The van der Waals surface area contributed by atoms with E-state index in [-0.39, 0.29) is 12.1 Å². The van der Waals surface area contributed by atoms with Crippen LogP contribution >= 0.6 is 11.6 Å². The van der Waals surface area contributed by atoms with E-state index in [0.29, 0.717) is 0 Å². The van der Waals surface area contributed by atoms with Crippen molar-refractivity contribution in [3.63, 3.8) is 0 Å². The first-order valence-corrected chi connectivity index (χ1v) is 6.24. The van der Waals surface area contributed by atoms with Crippen LogP contribution in [0.2, 0.25) is 5.02 Å². The second kappa shape index (κ2) is 4.84. The van der Waals surface area contributed by atoms with Gasteiger partial charge in [-0.2, -0.15) is 0 Å². The highest BCUT2D eigenvalue weighted by Crippen LogP contribution is 2.30. The SMILES string of the molecule is CN(C)C1(CO)CCN(c2ccc(Cl)cc2)C1. The quantitative estimate of drug-likeness (QED) is 0.892. The Morgan fingerprint density at radius 2 is 2.00 bits per heavy atom. The molecular formula is C13H19ClN2O. The normalized spacial score (nSPS) is 24.6. The lowest BCUT2D eigenvalue weighted by Gasteiger charge is -2.34. The lowest BCUT2D eigenvalue weighted by Crippen LogP contribution is -2.49. The molecular weight excluding hydrogens is 236 g/mol. The topological polar surface area (TPSA) is 26.7 Å². The highest BCUT2D eigenvalue weighted by Gasteiger charge is 2.39. The summed E-state index contributed by atoms with van der Waals surface area (Å²) in [7, 11) is 4.06. The van der Waals surface area contributed by atoms with Crippen LogP contribution in [0.4, 0.5) is 5.69 Å². The van der Waals surface area contributed by atoms with Crippen molar-refractivity contribution in [1.82, 2.24) is 4.90 Å². The predicted octanol–water partition coefficient (Wildman–Crippen LogP) is 1.84. The molecule has 1 saturated heterocycles. The fourth-order valence-corrected chi connectivity index (χ4v) is 2.49. The number of likely N-dealkylation sites (N-methyl/N-ethyl adjacent to an activating group) is 1. The van der Waals surface area contributed by atoms with Crippen LogP contribution in [0.3, 0.4) is 0 Å². The van der Waals surface area contributed by atoms with Gasteiger partial charge in [-0.25, -0.2) is 0 Å². The number of hydrogen-bond acceptors (Lipinski definition) is 3.